The molecule has 0 aliphatic rings. The summed E-state index contributed by atoms with van der Waals surface area (Å²) in [6, 6.07) is 0.825. The third kappa shape index (κ3) is 2.33. The molecule has 0 saturated carbocycles. The van der Waals surface area contributed by atoms with Crippen LogP contribution in [0, 0.1) is 0 Å². The van der Waals surface area contributed by atoms with Crippen molar-refractivity contribution in [1.82, 2.24) is 5.32 Å². The number of amides is 2. The molecule has 1 aromatic rings. The van der Waals surface area contributed by atoms with Crippen molar-refractivity contribution in [3.63, 3.8) is 0 Å². The Hall–Kier alpha value is -1.78. The lowest BCUT2D eigenvalue weighted by Crippen LogP contribution is -2.42. The van der Waals surface area contributed by atoms with E-state index in [0.29, 0.717) is 5.56 Å². The lowest BCUT2D eigenvalue weighted by molar-refractivity contribution is -0.119. The summed E-state index contributed by atoms with van der Waals surface area (Å²) in [6.45, 7) is 1.51. The van der Waals surface area contributed by atoms with E-state index in [0.717, 1.165) is 0 Å². The van der Waals surface area contributed by atoms with Crippen molar-refractivity contribution in [2.75, 3.05) is 0 Å². The molecule has 2 amide bonds. The summed E-state index contributed by atoms with van der Waals surface area (Å²) >= 11 is 0. The Morgan fingerprint density at radius 2 is 2.31 bits per heavy atom. The van der Waals surface area contributed by atoms with Gasteiger partial charge in [0.2, 0.25) is 5.91 Å². The Kier molecular flexibility index (Phi) is 2.69. The van der Waals surface area contributed by atoms with Gasteiger partial charge >= 0.3 is 0 Å². The summed E-state index contributed by atoms with van der Waals surface area (Å²) in [5, 5.41) is 2.41. The smallest absolute Gasteiger partial charge is 0.255 e. The van der Waals surface area contributed by atoms with Gasteiger partial charge in [0.25, 0.3) is 5.91 Å². The molecule has 0 saturated heterocycles. The van der Waals surface area contributed by atoms with Crippen molar-refractivity contribution in [2.24, 2.45) is 5.73 Å². The average molecular weight is 182 g/mol. The fourth-order valence-electron chi connectivity index (χ4n) is 0.745. The highest BCUT2D eigenvalue weighted by atomic mass is 16.3. The van der Waals surface area contributed by atoms with Crippen LogP contribution in [-0.4, -0.2) is 17.9 Å². The van der Waals surface area contributed by atoms with Crippen LogP contribution in [0.2, 0.25) is 0 Å². The Bertz CT molecular complexity index is 305. The lowest BCUT2D eigenvalue weighted by atomic mass is 10.2. The number of hydrogen-bond donors (Lipinski definition) is 2. The fraction of sp³-hybridized carbons (Fsp3) is 0.250. The summed E-state index contributed by atoms with van der Waals surface area (Å²) in [5.74, 6) is -0.947. The molecule has 1 unspecified atom stereocenters. The molecule has 0 aliphatic carbocycles. The minimum atomic E-state index is -0.678. The molecule has 0 bridgehead atoms. The van der Waals surface area contributed by atoms with Gasteiger partial charge in [-0.2, -0.15) is 0 Å². The second kappa shape index (κ2) is 3.75. The first-order chi connectivity index (χ1) is 6.11. The molecule has 1 heterocycles. The first-order valence-electron chi connectivity index (χ1n) is 3.73. The van der Waals surface area contributed by atoms with E-state index in [2.05, 4.69) is 5.32 Å². The molecule has 5 heteroatoms. The molecule has 3 N–H and O–H groups in total. The Morgan fingerprint density at radius 3 is 2.77 bits per heavy atom. The first kappa shape index (κ1) is 9.31. The Balaban J connectivity index is 2.56. The van der Waals surface area contributed by atoms with Crippen molar-refractivity contribution in [2.45, 2.75) is 13.0 Å². The number of primary amides is 1. The van der Waals surface area contributed by atoms with E-state index < -0.39 is 11.9 Å². The molecule has 1 aromatic heterocycles. The maximum absolute atomic E-state index is 11.2. The fourth-order valence-corrected chi connectivity index (χ4v) is 0.745. The molecule has 70 valence electrons. The predicted octanol–water partition coefficient (Wildman–Crippen LogP) is -0.117. The van der Waals surface area contributed by atoms with Gasteiger partial charge in [-0.3, -0.25) is 9.59 Å². The number of furan rings is 1. The minimum absolute atomic E-state index is 0.369. The molecule has 1 rings (SSSR count). The summed E-state index contributed by atoms with van der Waals surface area (Å²) in [5.41, 5.74) is 5.33. The summed E-state index contributed by atoms with van der Waals surface area (Å²) in [4.78, 5) is 21.8. The molecule has 1 atom stereocenters. The van der Waals surface area contributed by atoms with E-state index in [-0.39, 0.29) is 5.91 Å². The molecular weight excluding hydrogens is 172 g/mol. The van der Waals surface area contributed by atoms with Crippen LogP contribution in [0.1, 0.15) is 17.3 Å². The summed E-state index contributed by atoms with van der Waals surface area (Å²) in [7, 11) is 0. The van der Waals surface area contributed by atoms with Crippen molar-refractivity contribution >= 4 is 11.8 Å². The van der Waals surface area contributed by atoms with Crippen LogP contribution >= 0.6 is 0 Å². The van der Waals surface area contributed by atoms with Crippen molar-refractivity contribution in [1.29, 1.82) is 0 Å². The van der Waals surface area contributed by atoms with Gasteiger partial charge in [-0.15, -0.1) is 0 Å². The highest BCUT2D eigenvalue weighted by molar-refractivity contribution is 5.96. The van der Waals surface area contributed by atoms with Gasteiger partial charge in [0.15, 0.2) is 0 Å². The molecule has 0 aromatic carbocycles. The van der Waals surface area contributed by atoms with Gasteiger partial charge in [-0.1, -0.05) is 0 Å². The van der Waals surface area contributed by atoms with Crippen LogP contribution < -0.4 is 11.1 Å². The second-order valence-electron chi connectivity index (χ2n) is 2.61. The molecular formula is C8H10N2O3. The number of carbonyl (C=O) groups is 2. The monoisotopic (exact) mass is 182 g/mol. The quantitative estimate of drug-likeness (QED) is 0.683. The first-order valence-corrected chi connectivity index (χ1v) is 3.73. The van der Waals surface area contributed by atoms with Crippen molar-refractivity contribution in [3.05, 3.63) is 24.2 Å². The van der Waals surface area contributed by atoms with Crippen LogP contribution in [0.3, 0.4) is 0 Å². The highest BCUT2D eigenvalue weighted by Crippen LogP contribution is 1.99. The normalized spacial score (nSPS) is 12.1. The number of nitrogens with two attached hydrogens (primary N) is 1. The van der Waals surface area contributed by atoms with Crippen molar-refractivity contribution < 1.29 is 14.0 Å². The van der Waals surface area contributed by atoms with Crippen LogP contribution in [0.25, 0.3) is 0 Å². The molecule has 0 radical (unpaired) electrons. The third-order valence-electron chi connectivity index (χ3n) is 1.56. The molecule has 0 spiro atoms. The van der Waals surface area contributed by atoms with Gasteiger partial charge in [-0.05, 0) is 13.0 Å². The van der Waals surface area contributed by atoms with E-state index in [1.807, 2.05) is 0 Å². The maximum Gasteiger partial charge on any atom is 0.255 e. The average Bonchev–Trinajstić information content (AvgIpc) is 2.55. The Labute approximate surface area is 74.9 Å². The standard InChI is InChI=1S/C8H10N2O3/c1-5(7(9)11)10-8(12)6-2-3-13-4-6/h2-5H,1H3,(H2,9,11)(H,10,12). The van der Waals surface area contributed by atoms with Gasteiger partial charge in [0, 0.05) is 0 Å². The topological polar surface area (TPSA) is 85.3 Å². The second-order valence-corrected chi connectivity index (χ2v) is 2.61. The summed E-state index contributed by atoms with van der Waals surface area (Å²) < 4.78 is 4.70. The zero-order valence-electron chi connectivity index (χ0n) is 7.11. The van der Waals surface area contributed by atoms with Crippen LogP contribution in [0.4, 0.5) is 0 Å². The minimum Gasteiger partial charge on any atom is -0.472 e. The van der Waals surface area contributed by atoms with Crippen LogP contribution in [-0.2, 0) is 4.79 Å². The highest BCUT2D eigenvalue weighted by Gasteiger charge is 2.13. The van der Waals surface area contributed by atoms with Gasteiger partial charge in [0.05, 0.1) is 11.8 Å². The van der Waals surface area contributed by atoms with E-state index in [4.69, 9.17) is 10.2 Å². The van der Waals surface area contributed by atoms with E-state index in [1.54, 1.807) is 0 Å². The zero-order valence-corrected chi connectivity index (χ0v) is 7.11. The Morgan fingerprint density at radius 1 is 1.62 bits per heavy atom. The number of carbonyl (C=O) groups excluding carboxylic acids is 2. The van der Waals surface area contributed by atoms with E-state index in [1.165, 1.54) is 25.5 Å². The van der Waals surface area contributed by atoms with Gasteiger partial charge < -0.3 is 15.5 Å². The van der Waals surface area contributed by atoms with E-state index in [9.17, 15) is 9.59 Å². The van der Waals surface area contributed by atoms with Crippen LogP contribution in [0.5, 0.6) is 0 Å². The van der Waals surface area contributed by atoms with Crippen molar-refractivity contribution in [3.8, 4) is 0 Å². The number of rotatable bonds is 3. The number of nitrogens with one attached hydrogen (secondary N) is 1. The lowest BCUT2D eigenvalue weighted by Gasteiger charge is -2.07. The molecule has 13 heavy (non-hydrogen) atoms. The SMILES string of the molecule is CC(NC(=O)c1ccoc1)C(N)=O. The largest absolute Gasteiger partial charge is 0.472 e. The predicted molar refractivity (Wildman–Crippen MR) is 44.8 cm³/mol. The zero-order chi connectivity index (χ0) is 9.84. The number of hydrogen-bond acceptors (Lipinski definition) is 3. The molecule has 5 nitrogen and oxygen atoms in total. The maximum atomic E-state index is 11.2. The van der Waals surface area contributed by atoms with Crippen LogP contribution in [0.15, 0.2) is 23.0 Å². The van der Waals surface area contributed by atoms with Gasteiger partial charge in [-0.25, -0.2) is 0 Å². The molecule has 0 fully saturated rings. The third-order valence-corrected chi connectivity index (χ3v) is 1.56. The van der Waals surface area contributed by atoms with Gasteiger partial charge in [0.1, 0.15) is 12.3 Å². The summed E-state index contributed by atoms with van der Waals surface area (Å²) in [6.07, 6.45) is 2.67. The van der Waals surface area contributed by atoms with E-state index >= 15 is 0 Å². The molecule has 0 aliphatic heterocycles.